The largest absolute Gasteiger partial charge is 0.353 e. The quantitative estimate of drug-likeness (QED) is 0.940. The fourth-order valence-electron chi connectivity index (χ4n) is 3.21. The van der Waals surface area contributed by atoms with Gasteiger partial charge >= 0.3 is 0 Å². The van der Waals surface area contributed by atoms with Crippen molar-refractivity contribution in [3.05, 3.63) is 71.8 Å². The maximum absolute atomic E-state index is 12.9. The van der Waals surface area contributed by atoms with Crippen molar-refractivity contribution in [1.29, 1.82) is 0 Å². The van der Waals surface area contributed by atoms with Crippen LogP contribution in [0.5, 0.6) is 0 Å². The standard InChI is InChI=1S/C20H22N2O2/c1-15-20(24)21-12-13-22(15)19(23)14-18(16-8-4-2-5-9-16)17-10-6-3-7-11-17/h2-11,15,18H,12-14H2,1H3,(H,21,24)/t15-/m1/s1. The van der Waals surface area contributed by atoms with Gasteiger partial charge in [-0.1, -0.05) is 60.7 Å². The van der Waals surface area contributed by atoms with Gasteiger partial charge in [0.05, 0.1) is 0 Å². The lowest BCUT2D eigenvalue weighted by atomic mass is 9.88. The van der Waals surface area contributed by atoms with Crippen molar-refractivity contribution in [2.24, 2.45) is 0 Å². The molecule has 2 aromatic carbocycles. The fourth-order valence-corrected chi connectivity index (χ4v) is 3.21. The second-order valence-electron chi connectivity index (χ2n) is 6.13. The van der Waals surface area contributed by atoms with Gasteiger partial charge in [0.15, 0.2) is 0 Å². The van der Waals surface area contributed by atoms with E-state index in [0.29, 0.717) is 19.5 Å². The van der Waals surface area contributed by atoms with E-state index >= 15 is 0 Å². The first kappa shape index (κ1) is 16.2. The normalized spacial score (nSPS) is 17.7. The number of rotatable bonds is 4. The van der Waals surface area contributed by atoms with E-state index in [1.807, 2.05) is 36.4 Å². The Hall–Kier alpha value is -2.62. The molecule has 2 aromatic rings. The van der Waals surface area contributed by atoms with Gasteiger partial charge in [-0.25, -0.2) is 0 Å². The van der Waals surface area contributed by atoms with Gasteiger partial charge in [0.2, 0.25) is 11.8 Å². The Bertz CT molecular complexity index is 661. The first-order valence-corrected chi connectivity index (χ1v) is 8.34. The number of hydrogen-bond donors (Lipinski definition) is 1. The van der Waals surface area contributed by atoms with Crippen LogP contribution in [0.4, 0.5) is 0 Å². The first-order valence-electron chi connectivity index (χ1n) is 8.34. The van der Waals surface area contributed by atoms with Gasteiger partial charge in [0.25, 0.3) is 0 Å². The fraction of sp³-hybridized carbons (Fsp3) is 0.300. The van der Waals surface area contributed by atoms with E-state index < -0.39 is 6.04 Å². The molecule has 24 heavy (non-hydrogen) atoms. The summed E-state index contributed by atoms with van der Waals surface area (Å²) in [6, 6.07) is 19.7. The lowest BCUT2D eigenvalue weighted by Gasteiger charge is -2.34. The molecule has 1 atom stereocenters. The highest BCUT2D eigenvalue weighted by Gasteiger charge is 2.31. The van der Waals surface area contributed by atoms with Crippen LogP contribution in [0.1, 0.15) is 30.4 Å². The Morgan fingerprint density at radius 2 is 1.62 bits per heavy atom. The summed E-state index contributed by atoms with van der Waals surface area (Å²) in [5.74, 6) is -0.0577. The molecule has 1 saturated heterocycles. The molecule has 0 unspecified atom stereocenters. The highest BCUT2D eigenvalue weighted by molar-refractivity contribution is 5.88. The molecule has 0 aliphatic carbocycles. The molecule has 1 aliphatic rings. The van der Waals surface area contributed by atoms with E-state index in [0.717, 1.165) is 11.1 Å². The molecule has 1 fully saturated rings. The molecule has 1 aliphatic heterocycles. The minimum absolute atomic E-state index is 0.00270. The second-order valence-corrected chi connectivity index (χ2v) is 6.13. The van der Waals surface area contributed by atoms with Gasteiger partial charge in [-0.2, -0.15) is 0 Å². The Balaban J connectivity index is 1.84. The Kier molecular flexibility index (Phi) is 4.94. The van der Waals surface area contributed by atoms with Crippen molar-refractivity contribution in [2.75, 3.05) is 13.1 Å². The van der Waals surface area contributed by atoms with E-state index in [1.54, 1.807) is 11.8 Å². The van der Waals surface area contributed by atoms with Crippen LogP contribution < -0.4 is 5.32 Å². The zero-order valence-electron chi connectivity index (χ0n) is 13.8. The third kappa shape index (κ3) is 3.48. The molecular formula is C20H22N2O2. The van der Waals surface area contributed by atoms with E-state index in [2.05, 4.69) is 29.6 Å². The van der Waals surface area contributed by atoms with Crippen LogP contribution >= 0.6 is 0 Å². The maximum Gasteiger partial charge on any atom is 0.242 e. The molecule has 1 N–H and O–H groups in total. The van der Waals surface area contributed by atoms with Gasteiger partial charge in [0.1, 0.15) is 6.04 Å². The Morgan fingerprint density at radius 1 is 1.08 bits per heavy atom. The van der Waals surface area contributed by atoms with Gasteiger partial charge < -0.3 is 10.2 Å². The van der Waals surface area contributed by atoms with Crippen molar-refractivity contribution >= 4 is 11.8 Å². The molecule has 0 spiro atoms. The molecule has 0 bridgehead atoms. The van der Waals surface area contributed by atoms with Crippen molar-refractivity contribution in [3.8, 4) is 0 Å². The van der Waals surface area contributed by atoms with Crippen LogP contribution in [-0.4, -0.2) is 35.8 Å². The van der Waals surface area contributed by atoms with Crippen LogP contribution in [0.2, 0.25) is 0 Å². The third-order valence-electron chi connectivity index (χ3n) is 4.60. The summed E-state index contributed by atoms with van der Waals surface area (Å²) in [5, 5.41) is 2.80. The molecule has 0 radical (unpaired) electrons. The number of amides is 2. The van der Waals surface area contributed by atoms with Gasteiger partial charge in [-0.15, -0.1) is 0 Å². The lowest BCUT2D eigenvalue weighted by Crippen LogP contribution is -2.56. The average molecular weight is 322 g/mol. The summed E-state index contributed by atoms with van der Waals surface area (Å²) in [7, 11) is 0. The molecule has 0 aromatic heterocycles. The van der Waals surface area contributed by atoms with E-state index in [4.69, 9.17) is 0 Å². The summed E-state index contributed by atoms with van der Waals surface area (Å²) >= 11 is 0. The van der Waals surface area contributed by atoms with Crippen LogP contribution in [0.3, 0.4) is 0 Å². The SMILES string of the molecule is C[C@@H]1C(=O)NCCN1C(=O)CC(c1ccccc1)c1ccccc1. The van der Waals surface area contributed by atoms with E-state index in [9.17, 15) is 9.59 Å². The maximum atomic E-state index is 12.9. The average Bonchev–Trinajstić information content (AvgIpc) is 2.63. The Morgan fingerprint density at radius 3 is 2.17 bits per heavy atom. The smallest absolute Gasteiger partial charge is 0.242 e. The summed E-state index contributed by atoms with van der Waals surface area (Å²) in [5.41, 5.74) is 2.23. The number of benzene rings is 2. The molecular weight excluding hydrogens is 300 g/mol. The Labute approximate surface area is 142 Å². The lowest BCUT2D eigenvalue weighted by molar-refractivity contribution is -0.142. The number of hydrogen-bond acceptors (Lipinski definition) is 2. The van der Waals surface area contributed by atoms with E-state index in [1.165, 1.54) is 0 Å². The minimum atomic E-state index is -0.404. The predicted molar refractivity (Wildman–Crippen MR) is 93.5 cm³/mol. The summed E-state index contributed by atoms with van der Waals surface area (Å²) in [6.07, 6.45) is 0.367. The number of nitrogens with one attached hydrogen (secondary N) is 1. The molecule has 4 heteroatoms. The molecule has 124 valence electrons. The highest BCUT2D eigenvalue weighted by atomic mass is 16.2. The van der Waals surface area contributed by atoms with Crippen molar-refractivity contribution in [3.63, 3.8) is 0 Å². The van der Waals surface area contributed by atoms with E-state index in [-0.39, 0.29) is 17.7 Å². The molecule has 2 amide bonds. The molecule has 0 saturated carbocycles. The first-order chi connectivity index (χ1) is 11.7. The number of carbonyl (C=O) groups is 2. The van der Waals surface area contributed by atoms with Gasteiger partial charge in [-0.05, 0) is 18.1 Å². The summed E-state index contributed by atoms with van der Waals surface area (Å²) < 4.78 is 0. The highest BCUT2D eigenvalue weighted by Crippen LogP contribution is 2.29. The topological polar surface area (TPSA) is 49.4 Å². The molecule has 1 heterocycles. The summed E-state index contributed by atoms with van der Waals surface area (Å²) in [6.45, 7) is 2.88. The van der Waals surface area contributed by atoms with Gasteiger partial charge in [0, 0.05) is 25.4 Å². The van der Waals surface area contributed by atoms with Crippen molar-refractivity contribution in [1.82, 2.24) is 10.2 Å². The molecule has 4 nitrogen and oxygen atoms in total. The van der Waals surface area contributed by atoms with Gasteiger partial charge in [-0.3, -0.25) is 9.59 Å². The zero-order valence-corrected chi connectivity index (χ0v) is 13.8. The number of piperazine rings is 1. The molecule has 3 rings (SSSR count). The second kappa shape index (κ2) is 7.30. The number of carbonyl (C=O) groups excluding carboxylic acids is 2. The third-order valence-corrected chi connectivity index (χ3v) is 4.60. The predicted octanol–water partition coefficient (Wildman–Crippen LogP) is 2.56. The van der Waals surface area contributed by atoms with Crippen molar-refractivity contribution in [2.45, 2.75) is 25.3 Å². The summed E-state index contributed by atoms with van der Waals surface area (Å²) in [4.78, 5) is 26.4. The van der Waals surface area contributed by atoms with Crippen LogP contribution in [0.25, 0.3) is 0 Å². The van der Waals surface area contributed by atoms with Crippen LogP contribution in [-0.2, 0) is 9.59 Å². The zero-order chi connectivity index (χ0) is 16.9. The van der Waals surface area contributed by atoms with Crippen LogP contribution in [0.15, 0.2) is 60.7 Å². The van der Waals surface area contributed by atoms with Crippen molar-refractivity contribution < 1.29 is 9.59 Å². The minimum Gasteiger partial charge on any atom is -0.353 e. The van der Waals surface area contributed by atoms with Crippen LogP contribution in [0, 0.1) is 0 Å². The number of nitrogens with zero attached hydrogens (tertiary/aromatic N) is 1. The monoisotopic (exact) mass is 322 g/mol.